The first kappa shape index (κ1) is 12.6. The van der Waals surface area contributed by atoms with Crippen LogP contribution in [0.1, 0.15) is 13.8 Å². The summed E-state index contributed by atoms with van der Waals surface area (Å²) in [5.41, 5.74) is -0.339. The van der Waals surface area contributed by atoms with Gasteiger partial charge in [0.1, 0.15) is 7.11 Å². The topological polar surface area (TPSA) is 49.7 Å². The van der Waals surface area contributed by atoms with Gasteiger partial charge < -0.3 is 14.0 Å². The largest absolute Gasteiger partial charge is 0.415 e. The SMILES string of the molecule is CC1(C)C[Si](O)(O)[Si](C)(C)[Si](C)(C)O1. The number of hydrogen-bond acceptors (Lipinski definition) is 3. The fourth-order valence-corrected chi connectivity index (χ4v) is 23.7. The fraction of sp³-hybridized carbons (Fsp3) is 1.00. The van der Waals surface area contributed by atoms with Crippen molar-refractivity contribution in [3.05, 3.63) is 0 Å². The molecule has 14 heavy (non-hydrogen) atoms. The molecule has 6 heteroatoms. The molecule has 1 fully saturated rings. The standard InChI is InChI=1S/C8H22O3Si3/c1-8(2)7-14(9,10)13(5,6)12(3,4)11-8/h9-10H,7H2,1-6H3. The van der Waals surface area contributed by atoms with E-state index in [0.717, 1.165) is 0 Å². The van der Waals surface area contributed by atoms with E-state index in [4.69, 9.17) is 4.43 Å². The monoisotopic (exact) mass is 250 g/mol. The van der Waals surface area contributed by atoms with Gasteiger partial charge in [0, 0.05) is 6.04 Å². The second kappa shape index (κ2) is 3.02. The highest BCUT2D eigenvalue weighted by Crippen LogP contribution is 2.41. The van der Waals surface area contributed by atoms with Gasteiger partial charge in [-0.25, -0.2) is 0 Å². The molecule has 1 saturated heterocycles. The maximum absolute atomic E-state index is 10.3. The second-order valence-corrected chi connectivity index (χ2v) is 29.5. The highest BCUT2D eigenvalue weighted by atomic mass is 29.7. The van der Waals surface area contributed by atoms with Crippen molar-refractivity contribution in [3.63, 3.8) is 0 Å². The molecule has 1 aliphatic heterocycles. The molecule has 1 heterocycles. The van der Waals surface area contributed by atoms with Gasteiger partial charge in [-0.15, -0.1) is 0 Å². The van der Waals surface area contributed by atoms with Crippen LogP contribution in [-0.2, 0) is 4.43 Å². The van der Waals surface area contributed by atoms with Crippen LogP contribution >= 0.6 is 0 Å². The predicted molar refractivity (Wildman–Crippen MR) is 65.1 cm³/mol. The van der Waals surface area contributed by atoms with E-state index in [2.05, 4.69) is 26.2 Å². The maximum Gasteiger partial charge on any atom is 0.313 e. The van der Waals surface area contributed by atoms with Crippen molar-refractivity contribution in [2.45, 2.75) is 51.7 Å². The lowest BCUT2D eigenvalue weighted by molar-refractivity contribution is 0.110. The summed E-state index contributed by atoms with van der Waals surface area (Å²) in [6, 6.07) is 0.468. The lowest BCUT2D eigenvalue weighted by Gasteiger charge is -2.54. The van der Waals surface area contributed by atoms with Gasteiger partial charge in [-0.05, 0) is 26.9 Å². The molecular weight excluding hydrogens is 228 g/mol. The fourth-order valence-electron chi connectivity index (χ4n) is 2.15. The van der Waals surface area contributed by atoms with Crippen molar-refractivity contribution in [3.8, 4) is 0 Å². The molecule has 2 N–H and O–H groups in total. The molecule has 84 valence electrons. The van der Waals surface area contributed by atoms with Gasteiger partial charge in [-0.3, -0.25) is 0 Å². The molecule has 0 unspecified atom stereocenters. The molecule has 0 atom stereocenters. The minimum atomic E-state index is -3.01. The zero-order chi connectivity index (χ0) is 11.4. The first-order valence-electron chi connectivity index (χ1n) is 5.06. The molecule has 0 spiro atoms. The van der Waals surface area contributed by atoms with Gasteiger partial charge in [0.05, 0.1) is 5.60 Å². The smallest absolute Gasteiger partial charge is 0.313 e. The Morgan fingerprint density at radius 2 is 1.50 bits per heavy atom. The van der Waals surface area contributed by atoms with E-state index in [0.29, 0.717) is 6.04 Å². The minimum Gasteiger partial charge on any atom is -0.415 e. The first-order valence-corrected chi connectivity index (χ1v) is 15.1. The van der Waals surface area contributed by atoms with Crippen LogP contribution in [0.5, 0.6) is 0 Å². The quantitative estimate of drug-likeness (QED) is 0.637. The Morgan fingerprint density at radius 3 is 1.86 bits per heavy atom. The van der Waals surface area contributed by atoms with E-state index in [-0.39, 0.29) is 5.60 Å². The summed E-state index contributed by atoms with van der Waals surface area (Å²) in [5, 5.41) is 0. The van der Waals surface area contributed by atoms with Crippen LogP contribution in [0.2, 0.25) is 32.2 Å². The molecule has 0 aliphatic carbocycles. The summed E-state index contributed by atoms with van der Waals surface area (Å²) < 4.78 is 6.13. The Hall–Kier alpha value is 0.531. The van der Waals surface area contributed by atoms with E-state index >= 15 is 0 Å². The van der Waals surface area contributed by atoms with E-state index in [1.165, 1.54) is 0 Å². The third-order valence-electron chi connectivity index (χ3n) is 3.71. The second-order valence-electron chi connectivity index (χ2n) is 5.99. The van der Waals surface area contributed by atoms with Gasteiger partial charge in [0.2, 0.25) is 0 Å². The highest BCUT2D eigenvalue weighted by molar-refractivity contribution is 7.65. The summed E-state index contributed by atoms with van der Waals surface area (Å²) in [6.07, 6.45) is 0. The lowest BCUT2D eigenvalue weighted by atomic mass is 10.2. The number of hydrogen-bond donors (Lipinski definition) is 2. The van der Waals surface area contributed by atoms with Gasteiger partial charge in [0.25, 0.3) is 0 Å². The predicted octanol–water partition coefficient (Wildman–Crippen LogP) is 1.29. The van der Waals surface area contributed by atoms with Crippen molar-refractivity contribution in [2.24, 2.45) is 0 Å². The molecule has 0 saturated carbocycles. The molecule has 0 aromatic heterocycles. The molecule has 0 bridgehead atoms. The van der Waals surface area contributed by atoms with Gasteiger partial charge in [-0.2, -0.15) is 0 Å². The van der Waals surface area contributed by atoms with Gasteiger partial charge in [0.15, 0.2) is 7.83 Å². The summed E-state index contributed by atoms with van der Waals surface area (Å²) >= 11 is 0. The summed E-state index contributed by atoms with van der Waals surface area (Å²) in [6.45, 7) is 12.4. The van der Waals surface area contributed by atoms with Gasteiger partial charge >= 0.3 is 8.08 Å². The molecule has 0 aromatic rings. The summed E-state index contributed by atoms with van der Waals surface area (Å²) in [5.74, 6) is 0. The average molecular weight is 251 g/mol. The van der Waals surface area contributed by atoms with Crippen LogP contribution in [-0.4, -0.2) is 38.2 Å². The van der Waals surface area contributed by atoms with Crippen molar-refractivity contribution in [1.82, 2.24) is 0 Å². The molecule has 3 nitrogen and oxygen atoms in total. The Morgan fingerprint density at radius 1 is 1.07 bits per heavy atom. The van der Waals surface area contributed by atoms with Crippen LogP contribution < -0.4 is 0 Å². The molecule has 1 rings (SSSR count). The van der Waals surface area contributed by atoms with Crippen molar-refractivity contribution in [2.75, 3.05) is 0 Å². The lowest BCUT2D eigenvalue weighted by Crippen LogP contribution is -2.80. The Kier molecular flexibility index (Phi) is 2.72. The molecule has 0 aromatic carbocycles. The molecule has 0 amide bonds. The normalized spacial score (nSPS) is 32.6. The molecule has 1 aliphatic rings. The third-order valence-corrected chi connectivity index (χ3v) is 36.0. The molecule has 0 radical (unpaired) electrons. The van der Waals surface area contributed by atoms with E-state index in [1.807, 2.05) is 13.8 Å². The van der Waals surface area contributed by atoms with Crippen LogP contribution in [0.3, 0.4) is 0 Å². The van der Waals surface area contributed by atoms with Crippen LogP contribution in [0.25, 0.3) is 0 Å². The average Bonchev–Trinajstić information content (AvgIpc) is 1.77. The van der Waals surface area contributed by atoms with Crippen LogP contribution in [0, 0.1) is 0 Å². The van der Waals surface area contributed by atoms with Gasteiger partial charge in [-0.1, -0.05) is 13.1 Å². The zero-order valence-corrected chi connectivity index (χ0v) is 13.0. The number of rotatable bonds is 0. The van der Waals surface area contributed by atoms with Crippen LogP contribution in [0.4, 0.5) is 0 Å². The Bertz CT molecular complexity index is 226. The van der Waals surface area contributed by atoms with Crippen molar-refractivity contribution in [1.29, 1.82) is 0 Å². The maximum atomic E-state index is 10.3. The Balaban J connectivity index is 3.13. The zero-order valence-electron chi connectivity index (χ0n) is 10.0. The van der Waals surface area contributed by atoms with E-state index < -0.39 is 23.0 Å². The minimum absolute atomic E-state index is 0.339. The van der Waals surface area contributed by atoms with Crippen molar-refractivity contribution >= 4 is 23.0 Å². The first-order chi connectivity index (χ1) is 5.91. The van der Waals surface area contributed by atoms with Crippen LogP contribution in [0.15, 0.2) is 0 Å². The Labute approximate surface area is 89.1 Å². The third kappa shape index (κ3) is 1.79. The molecular formula is C8H22O3Si3. The highest BCUT2D eigenvalue weighted by Gasteiger charge is 2.65. The summed E-state index contributed by atoms with van der Waals surface area (Å²) in [7, 11) is -6.87. The van der Waals surface area contributed by atoms with Crippen molar-refractivity contribution < 1.29 is 14.0 Å². The van der Waals surface area contributed by atoms with E-state index in [1.54, 1.807) is 0 Å². The summed E-state index contributed by atoms with van der Waals surface area (Å²) in [4.78, 5) is 20.6. The van der Waals surface area contributed by atoms with E-state index in [9.17, 15) is 9.59 Å².